The van der Waals surface area contributed by atoms with Crippen molar-refractivity contribution in [1.29, 1.82) is 0 Å². The van der Waals surface area contributed by atoms with E-state index in [-0.39, 0.29) is 24.4 Å². The van der Waals surface area contributed by atoms with Crippen molar-refractivity contribution >= 4 is 11.8 Å². The maximum atomic E-state index is 12.0. The van der Waals surface area contributed by atoms with Crippen LogP contribution in [-0.2, 0) is 9.59 Å². The van der Waals surface area contributed by atoms with Gasteiger partial charge in [0.05, 0.1) is 12.6 Å². The van der Waals surface area contributed by atoms with Gasteiger partial charge in [0.1, 0.15) is 13.2 Å². The monoisotopic (exact) mass is 320 g/mol. The van der Waals surface area contributed by atoms with E-state index in [1.807, 2.05) is 25.1 Å². The summed E-state index contributed by atoms with van der Waals surface area (Å²) in [6.07, 6.45) is 0. The van der Waals surface area contributed by atoms with Crippen LogP contribution in [0.2, 0.25) is 0 Å². The zero-order valence-corrected chi connectivity index (χ0v) is 14.1. The molecule has 1 atom stereocenters. The Labute approximate surface area is 136 Å². The van der Waals surface area contributed by atoms with E-state index in [2.05, 4.69) is 10.6 Å². The number of carbonyl (C=O) groups excluding carboxylic acids is 2. The second-order valence-corrected chi connectivity index (χ2v) is 6.62. The molecule has 6 heteroatoms. The molecule has 2 rings (SSSR count). The summed E-state index contributed by atoms with van der Waals surface area (Å²) < 4.78 is 11.0. The Morgan fingerprint density at radius 1 is 1.17 bits per heavy atom. The fourth-order valence-corrected chi connectivity index (χ4v) is 2.13. The smallest absolute Gasteiger partial charge is 0.239 e. The number of ether oxygens (including phenoxy) is 2. The number of nitrogens with one attached hydrogen (secondary N) is 2. The molecule has 0 aliphatic carbocycles. The van der Waals surface area contributed by atoms with Crippen LogP contribution in [-0.4, -0.2) is 31.6 Å². The van der Waals surface area contributed by atoms with Crippen LogP contribution in [0.25, 0.3) is 0 Å². The molecule has 1 aromatic carbocycles. The normalized spacial score (nSPS) is 14.8. The number of fused-ring (bicyclic) bond motifs is 1. The van der Waals surface area contributed by atoms with Gasteiger partial charge in [0.25, 0.3) is 0 Å². The molecule has 6 nitrogen and oxygen atoms in total. The highest BCUT2D eigenvalue weighted by Crippen LogP contribution is 2.32. The van der Waals surface area contributed by atoms with Gasteiger partial charge >= 0.3 is 0 Å². The molecule has 126 valence electrons. The number of hydrogen-bond donors (Lipinski definition) is 2. The van der Waals surface area contributed by atoms with Gasteiger partial charge in [-0.25, -0.2) is 0 Å². The van der Waals surface area contributed by atoms with Crippen molar-refractivity contribution in [3.05, 3.63) is 23.8 Å². The molecule has 1 aliphatic heterocycles. The van der Waals surface area contributed by atoms with Crippen LogP contribution in [0.3, 0.4) is 0 Å². The predicted molar refractivity (Wildman–Crippen MR) is 86.5 cm³/mol. The van der Waals surface area contributed by atoms with E-state index in [0.29, 0.717) is 19.0 Å². The van der Waals surface area contributed by atoms with Crippen LogP contribution >= 0.6 is 0 Å². The predicted octanol–water partition coefficient (Wildman–Crippen LogP) is 1.80. The van der Waals surface area contributed by atoms with E-state index < -0.39 is 5.41 Å². The van der Waals surface area contributed by atoms with Gasteiger partial charge < -0.3 is 20.1 Å². The average molecular weight is 320 g/mol. The van der Waals surface area contributed by atoms with Crippen LogP contribution in [0.4, 0.5) is 0 Å². The van der Waals surface area contributed by atoms with Crippen molar-refractivity contribution in [2.24, 2.45) is 5.41 Å². The third-order valence-electron chi connectivity index (χ3n) is 3.53. The van der Waals surface area contributed by atoms with Gasteiger partial charge in [-0.1, -0.05) is 26.8 Å². The maximum absolute atomic E-state index is 12.0. The second kappa shape index (κ2) is 6.89. The topological polar surface area (TPSA) is 76.7 Å². The van der Waals surface area contributed by atoms with Gasteiger partial charge in [0.15, 0.2) is 11.5 Å². The molecule has 0 saturated heterocycles. The largest absolute Gasteiger partial charge is 0.486 e. The minimum absolute atomic E-state index is 0.0367. The summed E-state index contributed by atoms with van der Waals surface area (Å²) in [5, 5.41) is 5.49. The number of benzene rings is 1. The van der Waals surface area contributed by atoms with Crippen molar-refractivity contribution in [3.8, 4) is 11.5 Å². The first-order chi connectivity index (χ1) is 10.8. The molecule has 1 aliphatic rings. The van der Waals surface area contributed by atoms with Crippen LogP contribution in [0, 0.1) is 5.41 Å². The lowest BCUT2D eigenvalue weighted by Crippen LogP contribution is -2.42. The van der Waals surface area contributed by atoms with Crippen LogP contribution < -0.4 is 20.1 Å². The third-order valence-corrected chi connectivity index (χ3v) is 3.53. The van der Waals surface area contributed by atoms with Crippen molar-refractivity contribution < 1.29 is 19.1 Å². The number of carbonyl (C=O) groups is 2. The Kier molecular flexibility index (Phi) is 5.13. The van der Waals surface area contributed by atoms with Gasteiger partial charge in [-0.2, -0.15) is 0 Å². The maximum Gasteiger partial charge on any atom is 0.239 e. The lowest BCUT2D eigenvalue weighted by Gasteiger charge is -2.21. The minimum atomic E-state index is -0.512. The standard InChI is InChI=1S/C17H24N2O4/c1-11(19-15(20)10-18-16(21)17(2,3)4)12-5-6-13-14(9-12)23-8-7-22-13/h5-6,9,11H,7-8,10H2,1-4H3,(H,18,21)(H,19,20). The SMILES string of the molecule is CC(NC(=O)CNC(=O)C(C)(C)C)c1ccc2c(c1)OCCO2. The fraction of sp³-hybridized carbons (Fsp3) is 0.529. The summed E-state index contributed by atoms with van der Waals surface area (Å²) in [4.78, 5) is 23.7. The molecule has 0 aromatic heterocycles. The van der Waals surface area contributed by atoms with Gasteiger partial charge in [0, 0.05) is 5.41 Å². The minimum Gasteiger partial charge on any atom is -0.486 e. The number of hydrogen-bond acceptors (Lipinski definition) is 4. The van der Waals surface area contributed by atoms with Gasteiger partial charge in [0.2, 0.25) is 11.8 Å². The van der Waals surface area contributed by atoms with E-state index >= 15 is 0 Å². The summed E-state index contributed by atoms with van der Waals surface area (Å²) in [5.74, 6) is 1.02. The van der Waals surface area contributed by atoms with Crippen LogP contribution in [0.5, 0.6) is 11.5 Å². The molecule has 0 fully saturated rings. The first kappa shape index (κ1) is 17.1. The summed E-state index contributed by atoms with van der Waals surface area (Å²) in [5.41, 5.74) is 0.409. The highest BCUT2D eigenvalue weighted by molar-refractivity contribution is 5.87. The Bertz CT molecular complexity index is 593. The third kappa shape index (κ3) is 4.61. The molecule has 23 heavy (non-hydrogen) atoms. The molecule has 1 unspecified atom stereocenters. The number of amides is 2. The first-order valence-electron chi connectivity index (χ1n) is 7.74. The summed E-state index contributed by atoms with van der Waals surface area (Å²) in [6, 6.07) is 5.41. The quantitative estimate of drug-likeness (QED) is 0.887. The van der Waals surface area contributed by atoms with Gasteiger partial charge in [-0.3, -0.25) is 9.59 Å². The zero-order valence-electron chi connectivity index (χ0n) is 14.1. The molecule has 2 N–H and O–H groups in total. The molecule has 0 bridgehead atoms. The van der Waals surface area contributed by atoms with E-state index in [1.54, 1.807) is 20.8 Å². The van der Waals surface area contributed by atoms with Crippen molar-refractivity contribution in [3.63, 3.8) is 0 Å². The molecular weight excluding hydrogens is 296 g/mol. The van der Waals surface area contributed by atoms with Gasteiger partial charge in [-0.05, 0) is 24.6 Å². The fourth-order valence-electron chi connectivity index (χ4n) is 2.13. The number of rotatable bonds is 4. The lowest BCUT2D eigenvalue weighted by molar-refractivity contribution is -0.131. The van der Waals surface area contributed by atoms with E-state index in [9.17, 15) is 9.59 Å². The molecule has 1 heterocycles. The summed E-state index contributed by atoms with van der Waals surface area (Å²) in [7, 11) is 0. The zero-order chi connectivity index (χ0) is 17.0. The molecule has 0 radical (unpaired) electrons. The Hall–Kier alpha value is -2.24. The molecule has 1 aromatic rings. The molecule has 2 amide bonds. The van der Waals surface area contributed by atoms with E-state index in [4.69, 9.17) is 9.47 Å². The molecule has 0 saturated carbocycles. The summed E-state index contributed by atoms with van der Waals surface area (Å²) in [6.45, 7) is 8.33. The summed E-state index contributed by atoms with van der Waals surface area (Å²) >= 11 is 0. The van der Waals surface area contributed by atoms with Crippen molar-refractivity contribution in [2.75, 3.05) is 19.8 Å². The Balaban J connectivity index is 1.90. The highest BCUT2D eigenvalue weighted by atomic mass is 16.6. The van der Waals surface area contributed by atoms with E-state index in [1.165, 1.54) is 0 Å². The van der Waals surface area contributed by atoms with Crippen LogP contribution in [0.15, 0.2) is 18.2 Å². The lowest BCUT2D eigenvalue weighted by atomic mass is 9.96. The van der Waals surface area contributed by atoms with E-state index in [0.717, 1.165) is 11.3 Å². The molecular formula is C17H24N2O4. The average Bonchev–Trinajstić information content (AvgIpc) is 2.51. The molecule has 0 spiro atoms. The Morgan fingerprint density at radius 2 is 1.83 bits per heavy atom. The Morgan fingerprint density at radius 3 is 2.48 bits per heavy atom. The first-order valence-corrected chi connectivity index (χ1v) is 7.74. The van der Waals surface area contributed by atoms with Crippen molar-refractivity contribution in [1.82, 2.24) is 10.6 Å². The second-order valence-electron chi connectivity index (χ2n) is 6.62. The van der Waals surface area contributed by atoms with Crippen molar-refractivity contribution in [2.45, 2.75) is 33.7 Å². The van der Waals surface area contributed by atoms with Crippen LogP contribution in [0.1, 0.15) is 39.3 Å². The highest BCUT2D eigenvalue weighted by Gasteiger charge is 2.22. The van der Waals surface area contributed by atoms with Gasteiger partial charge in [-0.15, -0.1) is 0 Å².